The maximum Gasteiger partial charge on any atom is 0.326 e. The number of fused-ring (bicyclic) bond motifs is 1. The summed E-state index contributed by atoms with van der Waals surface area (Å²) in [4.78, 5) is 29.1. The third-order valence-corrected chi connectivity index (χ3v) is 4.48. The third-order valence-electron chi connectivity index (χ3n) is 3.53. The van der Waals surface area contributed by atoms with E-state index in [1.165, 1.54) is 0 Å². The Morgan fingerprint density at radius 3 is 3.00 bits per heavy atom. The molecule has 1 aliphatic rings. The molecule has 9 heteroatoms. The Bertz CT molecular complexity index is 772. The molecule has 1 atom stereocenters. The highest BCUT2D eigenvalue weighted by molar-refractivity contribution is 7.20. The largest absolute Gasteiger partial charge is 0.480 e. The zero-order valence-corrected chi connectivity index (χ0v) is 12.1. The van der Waals surface area contributed by atoms with Crippen molar-refractivity contribution >= 4 is 27.4 Å². The van der Waals surface area contributed by atoms with Gasteiger partial charge < -0.3 is 10.0 Å². The lowest BCUT2D eigenvalue weighted by Crippen LogP contribution is -2.36. The third kappa shape index (κ3) is 2.17. The lowest BCUT2D eigenvalue weighted by molar-refractivity contribution is -0.138. The molecule has 0 amide bonds. The van der Waals surface area contributed by atoms with E-state index in [1.54, 1.807) is 11.8 Å². The molecule has 2 aromatic heterocycles. The number of hydrogen-bond acceptors (Lipinski definition) is 6. The predicted molar refractivity (Wildman–Crippen MR) is 74.5 cm³/mol. The SMILES string of the molecule is CCc1nc2sc(N3CCC[C@@H]3C(=O)O)nn2c(=O)c1F. The normalized spacial score (nSPS) is 18.6. The van der Waals surface area contributed by atoms with Crippen molar-refractivity contribution < 1.29 is 14.3 Å². The van der Waals surface area contributed by atoms with E-state index in [4.69, 9.17) is 0 Å². The summed E-state index contributed by atoms with van der Waals surface area (Å²) in [6, 6.07) is -0.656. The van der Waals surface area contributed by atoms with Gasteiger partial charge in [-0.1, -0.05) is 18.3 Å². The van der Waals surface area contributed by atoms with Crippen LogP contribution in [0, 0.1) is 5.82 Å². The Hall–Kier alpha value is -2.03. The van der Waals surface area contributed by atoms with Gasteiger partial charge in [-0.05, 0) is 19.3 Å². The van der Waals surface area contributed by atoms with Gasteiger partial charge in [0.25, 0.3) is 0 Å². The molecule has 7 nitrogen and oxygen atoms in total. The number of nitrogens with zero attached hydrogens (tertiary/aromatic N) is 4. The summed E-state index contributed by atoms with van der Waals surface area (Å²) in [5.41, 5.74) is -0.739. The van der Waals surface area contributed by atoms with Gasteiger partial charge in [0.1, 0.15) is 6.04 Å². The number of carboxylic acids is 1. The lowest BCUT2D eigenvalue weighted by Gasteiger charge is -2.19. The van der Waals surface area contributed by atoms with Crippen LogP contribution in [-0.4, -0.2) is 38.3 Å². The number of anilines is 1. The van der Waals surface area contributed by atoms with Crippen molar-refractivity contribution in [2.45, 2.75) is 32.2 Å². The van der Waals surface area contributed by atoms with Crippen molar-refractivity contribution in [1.82, 2.24) is 14.6 Å². The Morgan fingerprint density at radius 2 is 2.33 bits per heavy atom. The second kappa shape index (κ2) is 5.06. The van der Waals surface area contributed by atoms with Crippen LogP contribution in [0.2, 0.25) is 0 Å². The fourth-order valence-electron chi connectivity index (χ4n) is 2.46. The number of carboxylic acid groups (broad SMARTS) is 1. The van der Waals surface area contributed by atoms with E-state index >= 15 is 0 Å². The topological polar surface area (TPSA) is 87.8 Å². The first-order chi connectivity index (χ1) is 10.0. The number of aryl methyl sites for hydroxylation is 1. The average molecular weight is 312 g/mol. The van der Waals surface area contributed by atoms with Crippen LogP contribution in [0.5, 0.6) is 0 Å². The molecule has 21 heavy (non-hydrogen) atoms. The first-order valence-corrected chi connectivity index (χ1v) is 7.42. The molecule has 112 valence electrons. The second-order valence-electron chi connectivity index (χ2n) is 4.80. The van der Waals surface area contributed by atoms with Crippen LogP contribution in [0.4, 0.5) is 9.52 Å². The zero-order valence-electron chi connectivity index (χ0n) is 11.2. The van der Waals surface area contributed by atoms with Gasteiger partial charge in [0.15, 0.2) is 0 Å². The first kappa shape index (κ1) is 13.9. The molecule has 3 rings (SSSR count). The molecule has 0 aromatic carbocycles. The number of aromatic nitrogens is 3. The molecule has 0 bridgehead atoms. The van der Waals surface area contributed by atoms with Crippen LogP contribution in [0.25, 0.3) is 4.96 Å². The smallest absolute Gasteiger partial charge is 0.326 e. The van der Waals surface area contributed by atoms with Crippen molar-refractivity contribution in [1.29, 1.82) is 0 Å². The highest BCUT2D eigenvalue weighted by atomic mass is 32.1. The fourth-order valence-corrected chi connectivity index (χ4v) is 3.45. The van der Waals surface area contributed by atoms with Crippen LogP contribution in [0.1, 0.15) is 25.5 Å². The molecule has 1 fully saturated rings. The van der Waals surface area contributed by atoms with Crippen molar-refractivity contribution in [3.05, 3.63) is 21.9 Å². The number of hydrogen-bond donors (Lipinski definition) is 1. The average Bonchev–Trinajstić information content (AvgIpc) is 3.08. The Kier molecular flexibility index (Phi) is 3.36. The van der Waals surface area contributed by atoms with Crippen LogP contribution in [0.3, 0.4) is 0 Å². The number of aliphatic carboxylic acids is 1. The van der Waals surface area contributed by atoms with Crippen LogP contribution in [-0.2, 0) is 11.2 Å². The van der Waals surface area contributed by atoms with Crippen LogP contribution < -0.4 is 10.5 Å². The molecule has 0 spiro atoms. The monoisotopic (exact) mass is 312 g/mol. The molecule has 1 N–H and O–H groups in total. The molecule has 3 heterocycles. The van der Waals surface area contributed by atoms with Crippen molar-refractivity contribution in [2.75, 3.05) is 11.4 Å². The summed E-state index contributed by atoms with van der Waals surface area (Å²) in [7, 11) is 0. The number of rotatable bonds is 3. The molecule has 0 saturated carbocycles. The van der Waals surface area contributed by atoms with Gasteiger partial charge in [-0.25, -0.2) is 9.78 Å². The number of carbonyl (C=O) groups is 1. The minimum absolute atomic E-state index is 0.103. The fraction of sp³-hybridized carbons (Fsp3) is 0.500. The standard InChI is InChI=1S/C12H13FN4O3S/c1-2-6-8(13)9(18)17-11(14-6)21-12(15-17)16-5-3-4-7(16)10(19)20/h7H,2-5H2,1H3,(H,19,20)/t7-/m1/s1. The lowest BCUT2D eigenvalue weighted by atomic mass is 10.2. The van der Waals surface area contributed by atoms with Gasteiger partial charge in [-0.3, -0.25) is 4.79 Å². The van der Waals surface area contributed by atoms with Gasteiger partial charge in [-0.15, -0.1) is 5.10 Å². The summed E-state index contributed by atoms with van der Waals surface area (Å²) in [5.74, 6) is -1.82. The second-order valence-corrected chi connectivity index (χ2v) is 5.73. The molecular formula is C12H13FN4O3S. The van der Waals surface area contributed by atoms with E-state index in [0.717, 1.165) is 22.3 Å². The van der Waals surface area contributed by atoms with Gasteiger partial charge in [0.05, 0.1) is 5.69 Å². The number of halogens is 1. The van der Waals surface area contributed by atoms with Crippen LogP contribution >= 0.6 is 11.3 Å². The van der Waals surface area contributed by atoms with Gasteiger partial charge in [0, 0.05) is 6.54 Å². The molecular weight excluding hydrogens is 299 g/mol. The first-order valence-electron chi connectivity index (χ1n) is 6.60. The molecule has 0 unspecified atom stereocenters. The maximum absolute atomic E-state index is 13.8. The Morgan fingerprint density at radius 1 is 1.57 bits per heavy atom. The molecule has 0 radical (unpaired) electrons. The van der Waals surface area contributed by atoms with E-state index in [9.17, 15) is 19.1 Å². The van der Waals surface area contributed by atoms with Gasteiger partial charge in [-0.2, -0.15) is 8.91 Å². The summed E-state index contributed by atoms with van der Waals surface area (Å²) < 4.78 is 14.7. The van der Waals surface area contributed by atoms with E-state index in [2.05, 4.69) is 10.1 Å². The van der Waals surface area contributed by atoms with Crippen molar-refractivity contribution in [3.8, 4) is 0 Å². The summed E-state index contributed by atoms with van der Waals surface area (Å²) in [6.45, 7) is 2.26. The minimum Gasteiger partial charge on any atom is -0.480 e. The summed E-state index contributed by atoms with van der Waals surface area (Å²) in [6.07, 6.45) is 1.58. The minimum atomic E-state index is -0.924. The zero-order chi connectivity index (χ0) is 15.1. The molecule has 1 saturated heterocycles. The van der Waals surface area contributed by atoms with Crippen molar-refractivity contribution in [2.24, 2.45) is 0 Å². The van der Waals surface area contributed by atoms with Gasteiger partial charge in [0.2, 0.25) is 15.9 Å². The highest BCUT2D eigenvalue weighted by Gasteiger charge is 2.33. The maximum atomic E-state index is 13.8. The summed E-state index contributed by atoms with van der Waals surface area (Å²) >= 11 is 1.10. The van der Waals surface area contributed by atoms with E-state index in [-0.39, 0.29) is 10.7 Å². The molecule has 0 aliphatic carbocycles. The predicted octanol–water partition coefficient (Wildman–Crippen LogP) is 0.906. The van der Waals surface area contributed by atoms with E-state index in [0.29, 0.717) is 24.5 Å². The highest BCUT2D eigenvalue weighted by Crippen LogP contribution is 2.29. The quantitative estimate of drug-likeness (QED) is 0.906. The van der Waals surface area contributed by atoms with Gasteiger partial charge >= 0.3 is 11.5 Å². The molecule has 1 aliphatic heterocycles. The van der Waals surface area contributed by atoms with Crippen LogP contribution in [0.15, 0.2) is 4.79 Å². The Labute approximate surface area is 122 Å². The van der Waals surface area contributed by atoms with Crippen molar-refractivity contribution in [3.63, 3.8) is 0 Å². The van der Waals surface area contributed by atoms with E-state index < -0.39 is 23.4 Å². The van der Waals surface area contributed by atoms with E-state index in [1.807, 2.05) is 0 Å². The Balaban J connectivity index is 2.11. The summed E-state index contributed by atoms with van der Waals surface area (Å²) in [5, 5.41) is 13.6. The molecule has 2 aromatic rings.